The zero-order valence-corrected chi connectivity index (χ0v) is 13.8. The third kappa shape index (κ3) is 3.00. The van der Waals surface area contributed by atoms with E-state index in [2.05, 4.69) is 30.1 Å². The van der Waals surface area contributed by atoms with E-state index in [1.54, 1.807) is 6.20 Å². The first-order valence-electron chi connectivity index (χ1n) is 7.93. The molecule has 0 atom stereocenters. The molecule has 3 aromatic rings. The highest BCUT2D eigenvalue weighted by molar-refractivity contribution is 5.89. The quantitative estimate of drug-likeness (QED) is 0.681. The van der Waals surface area contributed by atoms with Crippen molar-refractivity contribution in [1.82, 2.24) is 4.98 Å². The Morgan fingerprint density at radius 1 is 0.958 bits per heavy atom. The van der Waals surface area contributed by atoms with Gasteiger partial charge in [0, 0.05) is 11.8 Å². The third-order valence-electron chi connectivity index (χ3n) is 3.85. The van der Waals surface area contributed by atoms with Crippen LogP contribution in [-0.2, 0) is 0 Å². The Morgan fingerprint density at radius 3 is 2.25 bits per heavy atom. The Labute approximate surface area is 142 Å². The van der Waals surface area contributed by atoms with Crippen molar-refractivity contribution in [3.63, 3.8) is 0 Å². The summed E-state index contributed by atoms with van der Waals surface area (Å²) >= 11 is 0. The number of benzene rings is 2. The fraction of sp³-hybridized carbons (Fsp3) is 0.143. The summed E-state index contributed by atoms with van der Waals surface area (Å²) in [5.74, 6) is 0.555. The minimum atomic E-state index is 0.520. The van der Waals surface area contributed by atoms with Crippen LogP contribution >= 0.6 is 0 Å². The van der Waals surface area contributed by atoms with Gasteiger partial charge in [-0.25, -0.2) is 4.98 Å². The van der Waals surface area contributed by atoms with Crippen molar-refractivity contribution in [2.75, 3.05) is 6.61 Å². The van der Waals surface area contributed by atoms with Crippen LogP contribution in [0.5, 0.6) is 5.88 Å². The summed E-state index contributed by atoms with van der Waals surface area (Å²) in [7, 11) is 0. The van der Waals surface area contributed by atoms with Crippen molar-refractivity contribution in [2.24, 2.45) is 0 Å². The highest BCUT2D eigenvalue weighted by atomic mass is 16.5. The molecule has 0 bridgehead atoms. The molecule has 1 aromatic heterocycles. The second-order valence-corrected chi connectivity index (χ2v) is 5.50. The summed E-state index contributed by atoms with van der Waals surface area (Å²) < 4.78 is 5.76. The Kier molecular flexibility index (Phi) is 4.58. The number of hydrogen-bond acceptors (Lipinski definition) is 3. The molecule has 0 amide bonds. The van der Waals surface area contributed by atoms with Gasteiger partial charge < -0.3 is 4.74 Å². The van der Waals surface area contributed by atoms with E-state index >= 15 is 0 Å². The van der Waals surface area contributed by atoms with Gasteiger partial charge in [-0.15, -0.1) is 0 Å². The number of aromatic nitrogens is 1. The molecular formula is C21H18N2O. The molecule has 0 aliphatic rings. The minimum absolute atomic E-state index is 0.520. The number of nitrogens with zero attached hydrogens (tertiary/aromatic N) is 2. The first kappa shape index (κ1) is 15.8. The second kappa shape index (κ2) is 6.97. The van der Waals surface area contributed by atoms with Gasteiger partial charge in [-0.05, 0) is 25.0 Å². The number of nitriles is 1. The lowest BCUT2D eigenvalue weighted by Gasteiger charge is -2.16. The molecule has 0 aliphatic carbocycles. The summed E-state index contributed by atoms with van der Waals surface area (Å²) in [6, 6.07) is 20.4. The average Bonchev–Trinajstić information content (AvgIpc) is 2.63. The maximum Gasteiger partial charge on any atom is 0.222 e. The van der Waals surface area contributed by atoms with Crippen molar-refractivity contribution < 1.29 is 4.74 Å². The van der Waals surface area contributed by atoms with Crippen molar-refractivity contribution in [2.45, 2.75) is 13.8 Å². The molecule has 1 heterocycles. The molecule has 0 aliphatic heterocycles. The number of aryl methyl sites for hydroxylation is 1. The van der Waals surface area contributed by atoms with Crippen LogP contribution in [0.15, 0.2) is 60.8 Å². The summed E-state index contributed by atoms with van der Waals surface area (Å²) in [6.45, 7) is 4.50. The molecule has 118 valence electrons. The molecule has 0 unspecified atom stereocenters. The molecule has 3 heteroatoms. The SMILES string of the molecule is CCOc1ncc(C#N)c(-c2ccccc2)c1-c1ccc(C)cc1. The van der Waals surface area contributed by atoms with Crippen LogP contribution in [0.25, 0.3) is 22.3 Å². The third-order valence-corrected chi connectivity index (χ3v) is 3.85. The fourth-order valence-electron chi connectivity index (χ4n) is 2.72. The molecule has 0 fully saturated rings. The molecular weight excluding hydrogens is 296 g/mol. The van der Waals surface area contributed by atoms with Crippen LogP contribution < -0.4 is 4.74 Å². The van der Waals surface area contributed by atoms with E-state index in [1.807, 2.05) is 49.4 Å². The van der Waals surface area contributed by atoms with Gasteiger partial charge in [-0.3, -0.25) is 0 Å². The lowest BCUT2D eigenvalue weighted by Crippen LogP contribution is -2.01. The fourth-order valence-corrected chi connectivity index (χ4v) is 2.72. The van der Waals surface area contributed by atoms with E-state index in [4.69, 9.17) is 4.74 Å². The summed E-state index contributed by atoms with van der Waals surface area (Å²) in [4.78, 5) is 4.38. The average molecular weight is 314 g/mol. The van der Waals surface area contributed by atoms with E-state index in [9.17, 15) is 5.26 Å². The first-order chi connectivity index (χ1) is 11.7. The molecule has 24 heavy (non-hydrogen) atoms. The van der Waals surface area contributed by atoms with Gasteiger partial charge in [0.1, 0.15) is 6.07 Å². The summed E-state index contributed by atoms with van der Waals surface area (Å²) in [5.41, 5.74) is 5.42. The van der Waals surface area contributed by atoms with Gasteiger partial charge >= 0.3 is 0 Å². The van der Waals surface area contributed by atoms with Gasteiger partial charge in [0.2, 0.25) is 5.88 Å². The zero-order valence-electron chi connectivity index (χ0n) is 13.8. The van der Waals surface area contributed by atoms with Gasteiger partial charge in [0.15, 0.2) is 0 Å². The number of rotatable bonds is 4. The highest BCUT2D eigenvalue weighted by Crippen LogP contribution is 2.40. The van der Waals surface area contributed by atoms with E-state index in [-0.39, 0.29) is 0 Å². The normalized spacial score (nSPS) is 10.2. The van der Waals surface area contributed by atoms with Gasteiger partial charge in [-0.2, -0.15) is 5.26 Å². The highest BCUT2D eigenvalue weighted by Gasteiger charge is 2.19. The smallest absolute Gasteiger partial charge is 0.222 e. The molecule has 3 nitrogen and oxygen atoms in total. The largest absolute Gasteiger partial charge is 0.478 e. The van der Waals surface area contributed by atoms with Gasteiger partial charge in [-0.1, -0.05) is 60.2 Å². The summed E-state index contributed by atoms with van der Waals surface area (Å²) in [6.07, 6.45) is 1.59. The molecule has 0 radical (unpaired) electrons. The van der Waals surface area contributed by atoms with Crippen LogP contribution in [0, 0.1) is 18.3 Å². The van der Waals surface area contributed by atoms with Crippen molar-refractivity contribution in [1.29, 1.82) is 5.26 Å². The molecule has 0 saturated heterocycles. The lowest BCUT2D eigenvalue weighted by atomic mass is 9.92. The topological polar surface area (TPSA) is 45.9 Å². The van der Waals surface area contributed by atoms with Gasteiger partial charge in [0.25, 0.3) is 0 Å². The van der Waals surface area contributed by atoms with Crippen molar-refractivity contribution >= 4 is 0 Å². The van der Waals surface area contributed by atoms with E-state index in [1.165, 1.54) is 5.56 Å². The molecule has 0 spiro atoms. The Bertz CT molecular complexity index is 878. The van der Waals surface area contributed by atoms with Crippen LogP contribution in [0.1, 0.15) is 18.1 Å². The molecule has 2 aromatic carbocycles. The molecule has 0 N–H and O–H groups in total. The van der Waals surface area contributed by atoms with Crippen LogP contribution in [0.4, 0.5) is 0 Å². The maximum atomic E-state index is 9.59. The van der Waals surface area contributed by atoms with E-state index in [0.29, 0.717) is 18.1 Å². The predicted octanol–water partition coefficient (Wildman–Crippen LogP) is 4.99. The van der Waals surface area contributed by atoms with Crippen LogP contribution in [-0.4, -0.2) is 11.6 Å². The molecule has 3 rings (SSSR count). The number of hydrogen-bond donors (Lipinski definition) is 0. The number of pyridine rings is 1. The lowest BCUT2D eigenvalue weighted by molar-refractivity contribution is 0.328. The van der Waals surface area contributed by atoms with Crippen molar-refractivity contribution in [3.8, 4) is 34.2 Å². The van der Waals surface area contributed by atoms with E-state index in [0.717, 1.165) is 22.3 Å². The van der Waals surface area contributed by atoms with Crippen LogP contribution in [0.3, 0.4) is 0 Å². The van der Waals surface area contributed by atoms with Gasteiger partial charge in [0.05, 0.1) is 17.7 Å². The maximum absolute atomic E-state index is 9.59. The second-order valence-electron chi connectivity index (χ2n) is 5.50. The Morgan fingerprint density at radius 2 is 1.62 bits per heavy atom. The Hall–Kier alpha value is -3.12. The van der Waals surface area contributed by atoms with E-state index < -0.39 is 0 Å². The van der Waals surface area contributed by atoms with Crippen LogP contribution in [0.2, 0.25) is 0 Å². The standard InChI is InChI=1S/C21H18N2O/c1-3-24-21-20(17-11-9-15(2)10-12-17)19(18(13-22)14-23-21)16-7-5-4-6-8-16/h4-12,14H,3H2,1-2H3. The summed E-state index contributed by atoms with van der Waals surface area (Å²) in [5, 5.41) is 9.59. The minimum Gasteiger partial charge on any atom is -0.478 e. The Balaban J connectivity index is 2.34. The predicted molar refractivity (Wildman–Crippen MR) is 95.7 cm³/mol. The number of ether oxygens (including phenoxy) is 1. The monoisotopic (exact) mass is 314 g/mol. The van der Waals surface area contributed by atoms with Crippen molar-refractivity contribution in [3.05, 3.63) is 71.9 Å². The molecule has 0 saturated carbocycles. The first-order valence-corrected chi connectivity index (χ1v) is 7.93. The zero-order chi connectivity index (χ0) is 16.9.